The smallest absolute Gasteiger partial charge is 0.0900 e. The molecule has 1 aliphatic carbocycles. The van der Waals surface area contributed by atoms with Crippen LogP contribution in [-0.2, 0) is 11.3 Å². The molecule has 1 atom stereocenters. The molecule has 1 N–H and O–H groups in total. The highest BCUT2D eigenvalue weighted by Gasteiger charge is 2.31. The normalized spacial score (nSPS) is 21.9. The largest absolute Gasteiger partial charge is 0.389 e. The quantitative estimate of drug-likeness (QED) is 0.832. The average Bonchev–Trinajstić information content (AvgIpc) is 3.35. The van der Waals surface area contributed by atoms with E-state index in [4.69, 9.17) is 16.3 Å². The lowest BCUT2D eigenvalue weighted by atomic mass is 10.2. The van der Waals surface area contributed by atoms with E-state index in [1.54, 1.807) is 0 Å². The van der Waals surface area contributed by atoms with E-state index in [1.165, 1.54) is 12.8 Å². The van der Waals surface area contributed by atoms with Crippen LogP contribution in [0.25, 0.3) is 0 Å². The van der Waals surface area contributed by atoms with Gasteiger partial charge in [0, 0.05) is 43.8 Å². The molecule has 2 fully saturated rings. The Balaban J connectivity index is 1.32. The summed E-state index contributed by atoms with van der Waals surface area (Å²) in [4.78, 5) is 4.92. The number of piperazine rings is 1. The summed E-state index contributed by atoms with van der Waals surface area (Å²) in [6.45, 7) is 5.88. The van der Waals surface area contributed by atoms with E-state index in [2.05, 4.69) is 9.80 Å². The summed E-state index contributed by atoms with van der Waals surface area (Å²) in [5, 5.41) is 10.8. The SMILES string of the molecule is OC(COCc1ccccc1Cl)CN1CCN(C2CC2)CC1. The maximum atomic E-state index is 10.1. The first-order valence-electron chi connectivity index (χ1n) is 8.18. The molecule has 1 saturated carbocycles. The summed E-state index contributed by atoms with van der Waals surface area (Å²) in [5.74, 6) is 0. The van der Waals surface area contributed by atoms with E-state index in [0.717, 1.165) is 37.8 Å². The first kappa shape index (κ1) is 16.2. The van der Waals surface area contributed by atoms with Gasteiger partial charge in [0.2, 0.25) is 0 Å². The second-order valence-corrected chi connectivity index (χ2v) is 6.74. The van der Waals surface area contributed by atoms with Gasteiger partial charge in [-0.3, -0.25) is 9.80 Å². The third-order valence-electron chi connectivity index (χ3n) is 4.46. The van der Waals surface area contributed by atoms with Crippen LogP contribution in [0.1, 0.15) is 18.4 Å². The van der Waals surface area contributed by atoms with Gasteiger partial charge in [-0.25, -0.2) is 0 Å². The molecule has 3 rings (SSSR count). The molecular formula is C17H25ClN2O2. The zero-order valence-electron chi connectivity index (χ0n) is 13.0. The lowest BCUT2D eigenvalue weighted by Crippen LogP contribution is -2.49. The van der Waals surface area contributed by atoms with Crippen LogP contribution in [0.2, 0.25) is 5.02 Å². The fourth-order valence-corrected chi connectivity index (χ4v) is 3.21. The molecule has 1 aromatic carbocycles. The monoisotopic (exact) mass is 324 g/mol. The summed E-state index contributed by atoms with van der Waals surface area (Å²) < 4.78 is 5.60. The van der Waals surface area contributed by atoms with Crippen LogP contribution in [0.5, 0.6) is 0 Å². The van der Waals surface area contributed by atoms with Crippen molar-refractivity contribution >= 4 is 11.6 Å². The van der Waals surface area contributed by atoms with Crippen molar-refractivity contribution in [3.05, 3.63) is 34.9 Å². The van der Waals surface area contributed by atoms with E-state index in [0.29, 0.717) is 24.8 Å². The minimum atomic E-state index is -0.435. The summed E-state index contributed by atoms with van der Waals surface area (Å²) in [7, 11) is 0. The van der Waals surface area contributed by atoms with Gasteiger partial charge in [0.15, 0.2) is 0 Å². The molecule has 0 bridgehead atoms. The summed E-state index contributed by atoms with van der Waals surface area (Å²) in [5.41, 5.74) is 0.967. The van der Waals surface area contributed by atoms with Crippen molar-refractivity contribution in [3.63, 3.8) is 0 Å². The predicted molar refractivity (Wildman–Crippen MR) is 88.1 cm³/mol. The second-order valence-electron chi connectivity index (χ2n) is 6.33. The standard InChI is InChI=1S/C17H25ClN2O2/c18-17-4-2-1-3-14(17)12-22-13-16(21)11-19-7-9-20(10-8-19)15-5-6-15/h1-4,15-16,21H,5-13H2. The number of benzene rings is 1. The van der Waals surface area contributed by atoms with Crippen molar-refractivity contribution in [1.82, 2.24) is 9.80 Å². The highest BCUT2D eigenvalue weighted by Crippen LogP contribution is 2.27. The van der Waals surface area contributed by atoms with Crippen molar-refractivity contribution in [1.29, 1.82) is 0 Å². The Hall–Kier alpha value is -0.650. The van der Waals surface area contributed by atoms with Crippen LogP contribution in [-0.4, -0.2) is 66.4 Å². The molecule has 5 heteroatoms. The zero-order valence-corrected chi connectivity index (χ0v) is 13.7. The van der Waals surface area contributed by atoms with Gasteiger partial charge in [-0.1, -0.05) is 29.8 Å². The van der Waals surface area contributed by atoms with E-state index in [1.807, 2.05) is 24.3 Å². The number of hydrogen-bond donors (Lipinski definition) is 1. The molecule has 1 aromatic rings. The number of β-amino-alcohol motifs (C(OH)–C–C–N with tert-alkyl or cyclic N) is 1. The number of nitrogens with zero attached hydrogens (tertiary/aromatic N) is 2. The van der Waals surface area contributed by atoms with Crippen LogP contribution < -0.4 is 0 Å². The van der Waals surface area contributed by atoms with Crippen LogP contribution in [0.15, 0.2) is 24.3 Å². The zero-order chi connectivity index (χ0) is 15.4. The average molecular weight is 325 g/mol. The van der Waals surface area contributed by atoms with Crippen LogP contribution in [0.3, 0.4) is 0 Å². The number of hydrogen-bond acceptors (Lipinski definition) is 4. The molecule has 1 heterocycles. The summed E-state index contributed by atoms with van der Waals surface area (Å²) >= 11 is 6.08. The number of rotatable bonds is 7. The Morgan fingerprint density at radius 1 is 1.18 bits per heavy atom. The molecule has 4 nitrogen and oxygen atoms in total. The van der Waals surface area contributed by atoms with Gasteiger partial charge in [0.25, 0.3) is 0 Å². The van der Waals surface area contributed by atoms with Crippen LogP contribution in [0.4, 0.5) is 0 Å². The van der Waals surface area contributed by atoms with Gasteiger partial charge in [-0.15, -0.1) is 0 Å². The van der Waals surface area contributed by atoms with E-state index >= 15 is 0 Å². The molecule has 0 aromatic heterocycles. The lowest BCUT2D eigenvalue weighted by Gasteiger charge is -2.35. The molecule has 122 valence electrons. The Morgan fingerprint density at radius 2 is 1.91 bits per heavy atom. The Kier molecular flexibility index (Phi) is 5.71. The molecule has 1 unspecified atom stereocenters. The maximum Gasteiger partial charge on any atom is 0.0900 e. The first-order chi connectivity index (χ1) is 10.7. The number of aliphatic hydroxyl groups is 1. The van der Waals surface area contributed by atoms with Gasteiger partial charge in [-0.05, 0) is 24.5 Å². The third kappa shape index (κ3) is 4.67. The molecule has 0 amide bonds. The van der Waals surface area contributed by atoms with Gasteiger partial charge in [0.05, 0.1) is 19.3 Å². The third-order valence-corrected chi connectivity index (χ3v) is 4.83. The van der Waals surface area contributed by atoms with Gasteiger partial charge >= 0.3 is 0 Å². The molecule has 1 saturated heterocycles. The maximum absolute atomic E-state index is 10.1. The Bertz CT molecular complexity index is 473. The highest BCUT2D eigenvalue weighted by atomic mass is 35.5. The topological polar surface area (TPSA) is 35.9 Å². The fraction of sp³-hybridized carbons (Fsp3) is 0.647. The van der Waals surface area contributed by atoms with Gasteiger partial charge in [0.1, 0.15) is 0 Å². The number of halogens is 1. The predicted octanol–water partition coefficient (Wildman–Crippen LogP) is 2.00. The molecule has 0 spiro atoms. The van der Waals surface area contributed by atoms with E-state index in [-0.39, 0.29) is 0 Å². The van der Waals surface area contributed by atoms with Crippen molar-refractivity contribution in [2.75, 3.05) is 39.3 Å². The van der Waals surface area contributed by atoms with Crippen molar-refractivity contribution in [3.8, 4) is 0 Å². The molecule has 0 radical (unpaired) electrons. The Labute approximate surface area is 137 Å². The minimum absolute atomic E-state index is 0.355. The highest BCUT2D eigenvalue weighted by molar-refractivity contribution is 6.31. The molecular weight excluding hydrogens is 300 g/mol. The second kappa shape index (κ2) is 7.75. The van der Waals surface area contributed by atoms with Crippen molar-refractivity contribution in [2.24, 2.45) is 0 Å². The Morgan fingerprint density at radius 3 is 2.59 bits per heavy atom. The van der Waals surface area contributed by atoms with Gasteiger partial charge < -0.3 is 9.84 Å². The molecule has 22 heavy (non-hydrogen) atoms. The lowest BCUT2D eigenvalue weighted by molar-refractivity contribution is 0.000887. The fourth-order valence-electron chi connectivity index (χ4n) is 3.02. The summed E-state index contributed by atoms with van der Waals surface area (Å²) in [6.07, 6.45) is 2.31. The number of aliphatic hydroxyl groups excluding tert-OH is 1. The molecule has 2 aliphatic rings. The first-order valence-corrected chi connectivity index (χ1v) is 8.56. The van der Waals surface area contributed by atoms with Crippen molar-refractivity contribution in [2.45, 2.75) is 31.6 Å². The van der Waals surface area contributed by atoms with Crippen LogP contribution in [0, 0.1) is 0 Å². The minimum Gasteiger partial charge on any atom is -0.389 e. The van der Waals surface area contributed by atoms with Crippen molar-refractivity contribution < 1.29 is 9.84 Å². The number of ether oxygens (including phenoxy) is 1. The van der Waals surface area contributed by atoms with Crippen LogP contribution >= 0.6 is 11.6 Å². The molecule has 1 aliphatic heterocycles. The summed E-state index contributed by atoms with van der Waals surface area (Å²) in [6, 6.07) is 8.51. The van der Waals surface area contributed by atoms with E-state index < -0.39 is 6.10 Å². The van der Waals surface area contributed by atoms with E-state index in [9.17, 15) is 5.11 Å². The van der Waals surface area contributed by atoms with Gasteiger partial charge in [-0.2, -0.15) is 0 Å².